The van der Waals surface area contributed by atoms with Crippen LogP contribution in [0.5, 0.6) is 0 Å². The molecule has 0 aliphatic heterocycles. The Kier molecular flexibility index (Phi) is 2.52. The van der Waals surface area contributed by atoms with Gasteiger partial charge in [-0.05, 0) is 19.3 Å². The number of imidazole rings is 1. The lowest BCUT2D eigenvalue weighted by atomic mass is 9.75. The van der Waals surface area contributed by atoms with Gasteiger partial charge < -0.3 is 4.74 Å². The summed E-state index contributed by atoms with van der Waals surface area (Å²) in [6.07, 6.45) is 7.04. The van der Waals surface area contributed by atoms with Gasteiger partial charge in [0.15, 0.2) is 10.7 Å². The van der Waals surface area contributed by atoms with Gasteiger partial charge in [0, 0.05) is 24.9 Å². The van der Waals surface area contributed by atoms with Gasteiger partial charge >= 0.3 is 0 Å². The van der Waals surface area contributed by atoms with Gasteiger partial charge in [-0.1, -0.05) is 0 Å². The lowest BCUT2D eigenvalue weighted by molar-refractivity contribution is -0.151. The van der Waals surface area contributed by atoms with Crippen LogP contribution in [-0.4, -0.2) is 27.9 Å². The van der Waals surface area contributed by atoms with E-state index in [0.717, 1.165) is 29.9 Å². The van der Waals surface area contributed by atoms with Crippen LogP contribution in [-0.2, 0) is 16.0 Å². The summed E-state index contributed by atoms with van der Waals surface area (Å²) in [5.74, 6) is 0.164. The molecular formula is C12H14N2O2S. The molecule has 1 aliphatic rings. The first-order valence-corrected chi connectivity index (χ1v) is 6.61. The van der Waals surface area contributed by atoms with E-state index in [0.29, 0.717) is 6.42 Å². The molecule has 0 saturated heterocycles. The second-order valence-corrected chi connectivity index (χ2v) is 5.35. The highest BCUT2D eigenvalue weighted by molar-refractivity contribution is 7.15. The molecule has 1 saturated carbocycles. The number of ether oxygens (including phenoxy) is 1. The molecule has 5 heteroatoms. The molecule has 4 nitrogen and oxygen atoms in total. The third-order valence-electron chi connectivity index (χ3n) is 3.54. The molecule has 0 unspecified atom stereocenters. The van der Waals surface area contributed by atoms with E-state index in [-0.39, 0.29) is 5.78 Å². The normalized spacial score (nSPS) is 18.2. The van der Waals surface area contributed by atoms with Crippen LogP contribution in [0.2, 0.25) is 0 Å². The molecule has 1 aliphatic carbocycles. The molecule has 1 fully saturated rings. The zero-order valence-corrected chi connectivity index (χ0v) is 10.5. The molecule has 3 rings (SSSR count). The second kappa shape index (κ2) is 3.92. The number of ketones is 1. The summed E-state index contributed by atoms with van der Waals surface area (Å²) in [7, 11) is 1.63. The lowest BCUT2D eigenvalue weighted by Crippen LogP contribution is -2.47. The summed E-state index contributed by atoms with van der Waals surface area (Å²) in [5.41, 5.74) is 0.321. The molecule has 0 aromatic carbocycles. The van der Waals surface area contributed by atoms with Crippen molar-refractivity contribution >= 4 is 22.1 Å². The Morgan fingerprint density at radius 1 is 1.65 bits per heavy atom. The van der Waals surface area contributed by atoms with Gasteiger partial charge in [0.05, 0.1) is 12.1 Å². The first kappa shape index (κ1) is 10.9. The zero-order valence-electron chi connectivity index (χ0n) is 9.68. The fourth-order valence-corrected chi connectivity index (χ4v) is 3.00. The summed E-state index contributed by atoms with van der Waals surface area (Å²) in [4.78, 5) is 17.5. The molecule has 0 amide bonds. The van der Waals surface area contributed by atoms with E-state index in [1.54, 1.807) is 18.4 Å². The van der Waals surface area contributed by atoms with E-state index in [4.69, 9.17) is 4.74 Å². The first-order valence-electron chi connectivity index (χ1n) is 5.73. The van der Waals surface area contributed by atoms with E-state index in [2.05, 4.69) is 4.98 Å². The van der Waals surface area contributed by atoms with Crippen LogP contribution < -0.4 is 0 Å². The zero-order chi connectivity index (χ0) is 11.9. The van der Waals surface area contributed by atoms with Gasteiger partial charge in [0.25, 0.3) is 0 Å². The van der Waals surface area contributed by atoms with Crippen molar-refractivity contribution in [2.75, 3.05) is 7.11 Å². The summed E-state index contributed by atoms with van der Waals surface area (Å²) in [6, 6.07) is 0. The van der Waals surface area contributed by atoms with Crippen molar-refractivity contribution in [2.24, 2.45) is 0 Å². The van der Waals surface area contributed by atoms with Crippen molar-refractivity contribution in [2.45, 2.75) is 31.3 Å². The molecule has 90 valence electrons. The van der Waals surface area contributed by atoms with E-state index >= 15 is 0 Å². The minimum atomic E-state index is -0.517. The number of hydrogen-bond acceptors (Lipinski definition) is 4. The van der Waals surface area contributed by atoms with Crippen molar-refractivity contribution in [3.8, 4) is 0 Å². The summed E-state index contributed by atoms with van der Waals surface area (Å²) in [5, 5.41) is 1.98. The average Bonchev–Trinajstić information content (AvgIpc) is 2.76. The Morgan fingerprint density at radius 2 is 2.47 bits per heavy atom. The van der Waals surface area contributed by atoms with Crippen molar-refractivity contribution in [3.63, 3.8) is 0 Å². The molecule has 0 atom stereocenters. The number of aromatic nitrogens is 2. The average molecular weight is 250 g/mol. The number of fused-ring (bicyclic) bond motifs is 1. The first-order chi connectivity index (χ1) is 8.23. The van der Waals surface area contributed by atoms with Crippen molar-refractivity contribution < 1.29 is 9.53 Å². The Hall–Kier alpha value is -1.20. The Balaban J connectivity index is 1.78. The van der Waals surface area contributed by atoms with E-state index in [1.165, 1.54) is 0 Å². The number of carbonyl (C=O) groups excluding carboxylic acids is 1. The summed E-state index contributed by atoms with van der Waals surface area (Å²) >= 11 is 1.58. The van der Waals surface area contributed by atoms with E-state index in [1.807, 2.05) is 22.2 Å². The Morgan fingerprint density at radius 3 is 3.06 bits per heavy atom. The number of rotatable bonds is 4. The summed E-state index contributed by atoms with van der Waals surface area (Å²) < 4.78 is 7.33. The minimum Gasteiger partial charge on any atom is -0.370 e. The van der Waals surface area contributed by atoms with Gasteiger partial charge in [-0.15, -0.1) is 11.3 Å². The van der Waals surface area contributed by atoms with Crippen LogP contribution in [0, 0.1) is 0 Å². The number of carbonyl (C=O) groups is 1. The number of methoxy groups -OCH3 is 1. The third kappa shape index (κ3) is 1.70. The van der Waals surface area contributed by atoms with Crippen molar-refractivity contribution in [3.05, 3.63) is 23.5 Å². The predicted molar refractivity (Wildman–Crippen MR) is 65.4 cm³/mol. The van der Waals surface area contributed by atoms with Gasteiger partial charge in [-0.2, -0.15) is 0 Å². The molecule has 2 aromatic rings. The Bertz CT molecular complexity index is 520. The smallest absolute Gasteiger partial charge is 0.193 e. The maximum atomic E-state index is 12.2. The minimum absolute atomic E-state index is 0.164. The molecule has 17 heavy (non-hydrogen) atoms. The highest BCUT2D eigenvalue weighted by Crippen LogP contribution is 2.36. The number of nitrogens with zero attached hydrogens (tertiary/aromatic N) is 2. The monoisotopic (exact) mass is 250 g/mol. The maximum absolute atomic E-state index is 12.2. The highest BCUT2D eigenvalue weighted by atomic mass is 32.1. The van der Waals surface area contributed by atoms with Crippen LogP contribution in [0.4, 0.5) is 0 Å². The van der Waals surface area contributed by atoms with Gasteiger partial charge in [0.1, 0.15) is 5.60 Å². The molecule has 2 aromatic heterocycles. The van der Waals surface area contributed by atoms with Gasteiger partial charge in [-0.3, -0.25) is 9.20 Å². The second-order valence-electron chi connectivity index (χ2n) is 4.48. The number of thiazole rings is 1. The molecule has 0 spiro atoms. The van der Waals surface area contributed by atoms with Crippen LogP contribution >= 0.6 is 11.3 Å². The van der Waals surface area contributed by atoms with Gasteiger partial charge in [-0.25, -0.2) is 4.98 Å². The number of Topliss-reactive ketones (excluding diaryl/α,β-unsaturated/α-hetero) is 1. The largest absolute Gasteiger partial charge is 0.370 e. The molecule has 0 radical (unpaired) electrons. The molecule has 2 heterocycles. The van der Waals surface area contributed by atoms with Crippen LogP contribution in [0.25, 0.3) is 4.96 Å². The fourth-order valence-electron chi connectivity index (χ4n) is 2.28. The summed E-state index contributed by atoms with van der Waals surface area (Å²) in [6.45, 7) is 0. The predicted octanol–water partition coefficient (Wildman–Crippen LogP) is 2.08. The van der Waals surface area contributed by atoms with Crippen LogP contribution in [0.15, 0.2) is 17.8 Å². The van der Waals surface area contributed by atoms with Crippen molar-refractivity contribution in [1.82, 2.24) is 9.38 Å². The van der Waals surface area contributed by atoms with E-state index in [9.17, 15) is 4.79 Å². The SMILES string of the molecule is COC1(C(=O)Cc2cn3ccsc3n2)CCC1. The Labute approximate surface area is 103 Å². The third-order valence-corrected chi connectivity index (χ3v) is 4.32. The highest BCUT2D eigenvalue weighted by Gasteiger charge is 2.43. The molecule has 0 bridgehead atoms. The molecule has 0 N–H and O–H groups in total. The topological polar surface area (TPSA) is 43.6 Å². The quantitative estimate of drug-likeness (QED) is 0.834. The van der Waals surface area contributed by atoms with Crippen molar-refractivity contribution in [1.29, 1.82) is 0 Å². The van der Waals surface area contributed by atoms with Crippen LogP contribution in [0.3, 0.4) is 0 Å². The number of hydrogen-bond donors (Lipinski definition) is 0. The standard InChI is InChI=1S/C12H14N2O2S/c1-16-12(3-2-4-12)10(15)7-9-8-14-5-6-17-11(14)13-9/h5-6,8H,2-4,7H2,1H3. The fraction of sp³-hybridized carbons (Fsp3) is 0.500. The lowest BCUT2D eigenvalue weighted by Gasteiger charge is -2.38. The molecular weight excluding hydrogens is 236 g/mol. The van der Waals surface area contributed by atoms with E-state index < -0.39 is 5.60 Å². The van der Waals surface area contributed by atoms with Gasteiger partial charge in [0.2, 0.25) is 0 Å². The van der Waals surface area contributed by atoms with Crippen LogP contribution in [0.1, 0.15) is 25.0 Å². The maximum Gasteiger partial charge on any atom is 0.193 e.